The first-order valence-electron chi connectivity index (χ1n) is 32.5. The molecule has 1 saturated heterocycles. The van der Waals surface area contributed by atoms with E-state index in [1.165, 1.54) is 205 Å². The lowest BCUT2D eigenvalue weighted by molar-refractivity contribution is -0.302. The molecule has 9 nitrogen and oxygen atoms in total. The molecule has 444 valence electrons. The first kappa shape index (κ1) is 71.9. The van der Waals surface area contributed by atoms with Crippen molar-refractivity contribution >= 4 is 5.91 Å². The van der Waals surface area contributed by atoms with Gasteiger partial charge in [-0.3, -0.25) is 4.79 Å². The highest BCUT2D eigenvalue weighted by molar-refractivity contribution is 5.76. The number of carbonyl (C=O) groups is 1. The summed E-state index contributed by atoms with van der Waals surface area (Å²) in [7, 11) is 0. The van der Waals surface area contributed by atoms with E-state index in [0.717, 1.165) is 77.0 Å². The fourth-order valence-corrected chi connectivity index (χ4v) is 10.3. The zero-order valence-corrected chi connectivity index (χ0v) is 49.5. The highest BCUT2D eigenvalue weighted by Gasteiger charge is 2.44. The van der Waals surface area contributed by atoms with Gasteiger partial charge in [0, 0.05) is 6.42 Å². The summed E-state index contributed by atoms with van der Waals surface area (Å²) in [5.74, 6) is -0.184. The Morgan fingerprint density at radius 2 is 0.816 bits per heavy atom. The van der Waals surface area contributed by atoms with E-state index < -0.39 is 49.5 Å². The predicted molar refractivity (Wildman–Crippen MR) is 322 cm³/mol. The number of aliphatic hydroxyl groups is 5. The highest BCUT2D eigenvalue weighted by Crippen LogP contribution is 2.23. The summed E-state index contributed by atoms with van der Waals surface area (Å²) in [5, 5.41) is 54.7. The number of allylic oxidation sites excluding steroid dienone is 9. The second kappa shape index (κ2) is 56.2. The maximum absolute atomic E-state index is 13.1. The molecule has 0 aromatic heterocycles. The lowest BCUT2D eigenvalue weighted by Crippen LogP contribution is -2.60. The number of amides is 1. The topological polar surface area (TPSA) is 149 Å². The molecule has 0 bridgehead atoms. The number of ether oxygens (including phenoxy) is 2. The molecule has 0 aromatic carbocycles. The van der Waals surface area contributed by atoms with Gasteiger partial charge in [0.2, 0.25) is 5.91 Å². The van der Waals surface area contributed by atoms with Crippen LogP contribution in [0.5, 0.6) is 0 Å². The monoisotopic (exact) mass is 1070 g/mol. The third kappa shape index (κ3) is 44.7. The Hall–Kier alpha value is -2.11. The van der Waals surface area contributed by atoms with Crippen molar-refractivity contribution in [2.75, 3.05) is 13.2 Å². The van der Waals surface area contributed by atoms with Crippen molar-refractivity contribution in [3.8, 4) is 0 Å². The summed E-state index contributed by atoms with van der Waals surface area (Å²) in [5.41, 5.74) is 0. The summed E-state index contributed by atoms with van der Waals surface area (Å²) in [4.78, 5) is 13.1. The summed E-state index contributed by atoms with van der Waals surface area (Å²) in [6.45, 7) is 3.69. The van der Waals surface area contributed by atoms with Crippen LogP contribution < -0.4 is 5.32 Å². The predicted octanol–water partition coefficient (Wildman–Crippen LogP) is 17.0. The number of hydrogen-bond donors (Lipinski definition) is 6. The van der Waals surface area contributed by atoms with Gasteiger partial charge < -0.3 is 40.3 Å². The zero-order valence-electron chi connectivity index (χ0n) is 49.5. The first-order valence-corrected chi connectivity index (χ1v) is 32.5. The van der Waals surface area contributed by atoms with Gasteiger partial charge >= 0.3 is 0 Å². The Morgan fingerprint density at radius 3 is 1.21 bits per heavy atom. The molecule has 0 spiro atoms. The number of carbonyl (C=O) groups excluding carboxylic acids is 1. The Bertz CT molecular complexity index is 1380. The first-order chi connectivity index (χ1) is 37.3. The smallest absolute Gasteiger partial charge is 0.220 e. The van der Waals surface area contributed by atoms with Gasteiger partial charge in [0.1, 0.15) is 24.4 Å². The molecule has 76 heavy (non-hydrogen) atoms. The standard InChI is InChI=1S/C67H123NO8/c1-3-5-7-9-11-13-15-17-19-21-23-25-26-27-28-29-30-31-32-33-34-35-37-38-40-42-44-46-48-50-52-54-56-61(70)60(59-75-67-66(74)65(73)64(72)62(58-69)76-67)68-63(71)57-55-53-51-49-47-45-43-41-39-36-24-22-20-18-16-14-12-10-8-6-4-2/h6,8,12,14,18,20,24,36,54,56,60-62,64-67,69-70,72-74H,3-5,7,9-11,13,15-17,19,21-23,25-35,37-53,55,57-59H2,1-2H3,(H,68,71)/b8-6-,14-12-,20-18-,36-24-,56-54+. The molecule has 1 rings (SSSR count). The highest BCUT2D eigenvalue weighted by atomic mass is 16.7. The number of rotatable bonds is 56. The van der Waals surface area contributed by atoms with E-state index in [1.54, 1.807) is 6.08 Å². The minimum Gasteiger partial charge on any atom is -0.394 e. The largest absolute Gasteiger partial charge is 0.394 e. The quantitative estimate of drug-likeness (QED) is 0.0261. The van der Waals surface area contributed by atoms with Crippen LogP contribution in [0, 0.1) is 0 Å². The molecule has 0 aromatic rings. The van der Waals surface area contributed by atoms with Crippen LogP contribution in [-0.2, 0) is 14.3 Å². The molecule has 1 aliphatic heterocycles. The molecule has 1 amide bonds. The van der Waals surface area contributed by atoms with Crippen LogP contribution in [0.15, 0.2) is 60.8 Å². The molecular formula is C67H123NO8. The number of unbranched alkanes of at least 4 members (excludes halogenated alkanes) is 38. The van der Waals surface area contributed by atoms with Crippen molar-refractivity contribution in [3.63, 3.8) is 0 Å². The van der Waals surface area contributed by atoms with Gasteiger partial charge in [-0.1, -0.05) is 299 Å². The second-order valence-corrected chi connectivity index (χ2v) is 22.5. The molecule has 7 unspecified atom stereocenters. The summed E-state index contributed by atoms with van der Waals surface area (Å²) >= 11 is 0. The third-order valence-electron chi connectivity index (χ3n) is 15.3. The van der Waals surface area contributed by atoms with Crippen LogP contribution in [-0.4, -0.2) is 87.5 Å². The fourth-order valence-electron chi connectivity index (χ4n) is 10.3. The Morgan fingerprint density at radius 1 is 0.461 bits per heavy atom. The van der Waals surface area contributed by atoms with Gasteiger partial charge in [-0.05, 0) is 57.8 Å². The van der Waals surface area contributed by atoms with E-state index in [2.05, 4.69) is 67.8 Å². The minimum atomic E-state index is -1.57. The number of hydrogen-bond acceptors (Lipinski definition) is 8. The molecule has 6 N–H and O–H groups in total. The van der Waals surface area contributed by atoms with Crippen LogP contribution in [0.4, 0.5) is 0 Å². The van der Waals surface area contributed by atoms with Crippen molar-refractivity contribution in [1.82, 2.24) is 5.32 Å². The van der Waals surface area contributed by atoms with Crippen molar-refractivity contribution in [2.24, 2.45) is 0 Å². The van der Waals surface area contributed by atoms with E-state index in [0.29, 0.717) is 6.42 Å². The van der Waals surface area contributed by atoms with Crippen molar-refractivity contribution in [3.05, 3.63) is 60.8 Å². The van der Waals surface area contributed by atoms with Crippen molar-refractivity contribution in [1.29, 1.82) is 0 Å². The number of nitrogens with one attached hydrogen (secondary N) is 1. The Balaban J connectivity index is 2.15. The lowest BCUT2D eigenvalue weighted by Gasteiger charge is -2.40. The van der Waals surface area contributed by atoms with Gasteiger partial charge in [-0.25, -0.2) is 0 Å². The average Bonchev–Trinajstić information content (AvgIpc) is 3.42. The van der Waals surface area contributed by atoms with Gasteiger partial charge in [0.15, 0.2) is 6.29 Å². The lowest BCUT2D eigenvalue weighted by atomic mass is 9.99. The fraction of sp³-hybridized carbons (Fsp3) is 0.836. The van der Waals surface area contributed by atoms with Crippen LogP contribution >= 0.6 is 0 Å². The molecule has 7 atom stereocenters. The van der Waals surface area contributed by atoms with Gasteiger partial charge in [-0.2, -0.15) is 0 Å². The molecule has 9 heteroatoms. The van der Waals surface area contributed by atoms with E-state index in [4.69, 9.17) is 9.47 Å². The van der Waals surface area contributed by atoms with Crippen LogP contribution in [0.1, 0.15) is 303 Å². The Kier molecular flexibility index (Phi) is 53.1. The average molecular weight is 1070 g/mol. The number of aliphatic hydroxyl groups excluding tert-OH is 5. The molecule has 1 heterocycles. The van der Waals surface area contributed by atoms with E-state index in [-0.39, 0.29) is 12.5 Å². The summed E-state index contributed by atoms with van der Waals surface area (Å²) in [6, 6.07) is -0.814. The molecule has 0 aliphatic carbocycles. The summed E-state index contributed by atoms with van der Waals surface area (Å²) in [6.07, 6.45) is 70.3. The molecule has 0 radical (unpaired) electrons. The minimum absolute atomic E-state index is 0.184. The molecular weight excluding hydrogens is 947 g/mol. The third-order valence-corrected chi connectivity index (χ3v) is 15.3. The van der Waals surface area contributed by atoms with Gasteiger partial charge in [0.05, 0.1) is 25.4 Å². The van der Waals surface area contributed by atoms with Crippen LogP contribution in [0.3, 0.4) is 0 Å². The van der Waals surface area contributed by atoms with Gasteiger partial charge in [0.25, 0.3) is 0 Å². The Labute approximate surface area is 468 Å². The van der Waals surface area contributed by atoms with E-state index in [9.17, 15) is 30.3 Å². The zero-order chi connectivity index (χ0) is 55.0. The van der Waals surface area contributed by atoms with E-state index >= 15 is 0 Å². The second-order valence-electron chi connectivity index (χ2n) is 22.5. The van der Waals surface area contributed by atoms with Crippen molar-refractivity contribution < 1.29 is 39.8 Å². The molecule has 0 saturated carbocycles. The summed E-state index contributed by atoms with van der Waals surface area (Å²) < 4.78 is 11.3. The normalized spacial score (nSPS) is 19.2. The molecule has 1 fully saturated rings. The molecule has 1 aliphatic rings. The van der Waals surface area contributed by atoms with Crippen LogP contribution in [0.2, 0.25) is 0 Å². The maximum Gasteiger partial charge on any atom is 0.220 e. The van der Waals surface area contributed by atoms with Crippen molar-refractivity contribution in [2.45, 2.75) is 346 Å². The maximum atomic E-state index is 13.1. The van der Waals surface area contributed by atoms with E-state index in [1.807, 2.05) is 6.08 Å². The van der Waals surface area contributed by atoms with Gasteiger partial charge in [-0.15, -0.1) is 0 Å². The van der Waals surface area contributed by atoms with Crippen LogP contribution in [0.25, 0.3) is 0 Å². The SMILES string of the molecule is CC/C=C\C/C=C\C/C=C\C/C=C\CCCCCCCCCCC(=O)NC(COC1OC(CO)C(O)C(O)C1O)C(O)/C=C/CCCCCCCCCCCCCCCCCCCCCCCCCCCCCCCC.